The fraction of sp³-hybridized carbons (Fsp3) is 0. The van der Waals surface area contributed by atoms with Gasteiger partial charge in [-0.05, 0) is 48.5 Å². The maximum absolute atomic E-state index is 12.0. The zero-order valence-electron chi connectivity index (χ0n) is 11.4. The Morgan fingerprint density at radius 1 is 1.09 bits per heavy atom. The van der Waals surface area contributed by atoms with Crippen molar-refractivity contribution in [2.45, 2.75) is 0 Å². The summed E-state index contributed by atoms with van der Waals surface area (Å²) in [4.78, 5) is 12.0. The number of carbonyl (C=O) groups excluding carboxylic acids is 1. The number of hydrogen-bond donors (Lipinski definition) is 3. The summed E-state index contributed by atoms with van der Waals surface area (Å²) in [6.07, 6.45) is 1.30. The molecule has 1 amide bonds. The van der Waals surface area contributed by atoms with Crippen LogP contribution in [0.3, 0.4) is 0 Å². The van der Waals surface area contributed by atoms with Crippen LogP contribution < -0.4 is 10.6 Å². The Morgan fingerprint density at radius 3 is 2.27 bits per heavy atom. The van der Waals surface area contributed by atoms with Crippen LogP contribution in [0.15, 0.2) is 60.3 Å². The van der Waals surface area contributed by atoms with Crippen molar-refractivity contribution in [2.75, 3.05) is 10.6 Å². The molecule has 0 heterocycles. The van der Waals surface area contributed by atoms with E-state index in [2.05, 4.69) is 10.6 Å². The maximum Gasteiger partial charge on any atom is 0.267 e. The van der Waals surface area contributed by atoms with Gasteiger partial charge in [-0.25, -0.2) is 0 Å². The van der Waals surface area contributed by atoms with Gasteiger partial charge in [0.25, 0.3) is 5.91 Å². The average molecular weight is 314 g/mol. The number of phenolic OH excluding ortho intramolecular Hbond substituents is 1. The van der Waals surface area contributed by atoms with Crippen molar-refractivity contribution in [3.05, 3.63) is 65.3 Å². The second kappa shape index (κ2) is 7.16. The van der Waals surface area contributed by atoms with Crippen LogP contribution in [0.25, 0.3) is 0 Å². The van der Waals surface area contributed by atoms with Gasteiger partial charge in [0.15, 0.2) is 0 Å². The van der Waals surface area contributed by atoms with Gasteiger partial charge >= 0.3 is 0 Å². The number of carbonyl (C=O) groups is 1. The molecule has 3 N–H and O–H groups in total. The van der Waals surface area contributed by atoms with Crippen LogP contribution in [0.2, 0.25) is 5.02 Å². The van der Waals surface area contributed by atoms with Crippen LogP contribution in [0.1, 0.15) is 0 Å². The summed E-state index contributed by atoms with van der Waals surface area (Å²) in [7, 11) is 0. The third-order valence-electron chi connectivity index (χ3n) is 2.72. The molecule has 0 fully saturated rings. The van der Waals surface area contributed by atoms with Gasteiger partial charge in [-0.1, -0.05) is 11.6 Å². The smallest absolute Gasteiger partial charge is 0.267 e. The number of nitriles is 1. The lowest BCUT2D eigenvalue weighted by atomic mass is 10.2. The minimum atomic E-state index is -0.531. The first-order valence-electron chi connectivity index (χ1n) is 6.31. The normalized spacial score (nSPS) is 10.6. The van der Waals surface area contributed by atoms with Crippen molar-refractivity contribution in [1.29, 1.82) is 5.26 Å². The van der Waals surface area contributed by atoms with Crippen LogP contribution in [0, 0.1) is 11.3 Å². The molecule has 6 heteroatoms. The van der Waals surface area contributed by atoms with Gasteiger partial charge in [0, 0.05) is 22.6 Å². The van der Waals surface area contributed by atoms with E-state index in [1.807, 2.05) is 6.07 Å². The van der Waals surface area contributed by atoms with Gasteiger partial charge in [-0.3, -0.25) is 4.79 Å². The molecule has 0 saturated carbocycles. The SMILES string of the molecule is N#C/C(=C/Nc1ccc(O)cc1)C(=O)Nc1ccc(Cl)cc1. The average Bonchev–Trinajstić information content (AvgIpc) is 2.52. The van der Waals surface area contributed by atoms with Crippen molar-refractivity contribution >= 4 is 28.9 Å². The van der Waals surface area contributed by atoms with Crippen molar-refractivity contribution in [2.24, 2.45) is 0 Å². The summed E-state index contributed by atoms with van der Waals surface area (Å²) in [6.45, 7) is 0. The minimum absolute atomic E-state index is 0.0805. The predicted octanol–water partition coefficient (Wildman–Crippen LogP) is 3.50. The first-order chi connectivity index (χ1) is 10.6. The lowest BCUT2D eigenvalue weighted by Gasteiger charge is -2.05. The quantitative estimate of drug-likeness (QED) is 0.458. The highest BCUT2D eigenvalue weighted by atomic mass is 35.5. The van der Waals surface area contributed by atoms with Crippen molar-refractivity contribution in [3.8, 4) is 11.8 Å². The number of rotatable bonds is 4. The van der Waals surface area contributed by atoms with Gasteiger partial charge < -0.3 is 15.7 Å². The van der Waals surface area contributed by atoms with E-state index in [0.717, 1.165) is 0 Å². The molecule has 0 radical (unpaired) electrons. The highest BCUT2D eigenvalue weighted by Gasteiger charge is 2.09. The Labute approximate surface area is 132 Å². The Hall–Kier alpha value is -2.97. The van der Waals surface area contributed by atoms with Gasteiger partial charge in [0.1, 0.15) is 17.4 Å². The van der Waals surface area contributed by atoms with E-state index in [4.69, 9.17) is 16.9 Å². The number of hydrogen-bond acceptors (Lipinski definition) is 4. The number of amides is 1. The highest BCUT2D eigenvalue weighted by molar-refractivity contribution is 6.30. The van der Waals surface area contributed by atoms with Crippen molar-refractivity contribution < 1.29 is 9.90 Å². The lowest BCUT2D eigenvalue weighted by Crippen LogP contribution is -2.14. The first kappa shape index (κ1) is 15.4. The second-order valence-corrected chi connectivity index (χ2v) is 4.76. The number of benzene rings is 2. The largest absolute Gasteiger partial charge is 0.508 e. The van der Waals surface area contributed by atoms with E-state index in [0.29, 0.717) is 16.4 Å². The maximum atomic E-state index is 12.0. The van der Waals surface area contributed by atoms with Gasteiger partial charge in [0.05, 0.1) is 0 Å². The molecule has 110 valence electrons. The van der Waals surface area contributed by atoms with Crippen molar-refractivity contribution in [3.63, 3.8) is 0 Å². The molecule has 0 aliphatic rings. The highest BCUT2D eigenvalue weighted by Crippen LogP contribution is 2.15. The van der Waals surface area contributed by atoms with Crippen LogP contribution >= 0.6 is 11.6 Å². The Bertz CT molecular complexity index is 731. The number of phenols is 1. The Kier molecular flexibility index (Phi) is 5.02. The zero-order chi connectivity index (χ0) is 15.9. The summed E-state index contributed by atoms with van der Waals surface area (Å²) in [5, 5.41) is 24.2. The third kappa shape index (κ3) is 4.27. The van der Waals surface area contributed by atoms with Crippen LogP contribution in [-0.2, 0) is 4.79 Å². The Balaban J connectivity index is 2.05. The van der Waals surface area contributed by atoms with Crippen LogP contribution in [0.5, 0.6) is 5.75 Å². The third-order valence-corrected chi connectivity index (χ3v) is 2.97. The topological polar surface area (TPSA) is 85.2 Å². The molecule has 5 nitrogen and oxygen atoms in total. The molecule has 0 atom stereocenters. The number of nitrogens with one attached hydrogen (secondary N) is 2. The van der Waals surface area contributed by atoms with E-state index < -0.39 is 5.91 Å². The number of nitrogens with zero attached hydrogens (tertiary/aromatic N) is 1. The molecule has 0 spiro atoms. The van der Waals surface area contributed by atoms with E-state index >= 15 is 0 Å². The van der Waals surface area contributed by atoms with Gasteiger partial charge in [0.2, 0.25) is 0 Å². The molecule has 0 aliphatic carbocycles. The summed E-state index contributed by atoms with van der Waals surface area (Å²) >= 11 is 5.76. The molecule has 22 heavy (non-hydrogen) atoms. The van der Waals surface area contributed by atoms with Crippen LogP contribution in [0.4, 0.5) is 11.4 Å². The molecular weight excluding hydrogens is 302 g/mol. The number of aromatic hydroxyl groups is 1. The molecule has 0 aromatic heterocycles. The molecule has 2 aromatic carbocycles. The van der Waals surface area contributed by atoms with Crippen molar-refractivity contribution in [1.82, 2.24) is 0 Å². The van der Waals surface area contributed by atoms with Gasteiger partial charge in [-0.2, -0.15) is 5.26 Å². The molecule has 0 unspecified atom stereocenters. The minimum Gasteiger partial charge on any atom is -0.508 e. The van der Waals surface area contributed by atoms with E-state index in [1.165, 1.54) is 18.3 Å². The summed E-state index contributed by atoms with van der Waals surface area (Å²) in [6, 6.07) is 14.6. The molecule has 2 aromatic rings. The molecule has 0 bridgehead atoms. The predicted molar refractivity (Wildman–Crippen MR) is 85.5 cm³/mol. The molecular formula is C16H12ClN3O2. The van der Waals surface area contributed by atoms with E-state index in [-0.39, 0.29) is 11.3 Å². The second-order valence-electron chi connectivity index (χ2n) is 4.32. The first-order valence-corrected chi connectivity index (χ1v) is 6.69. The molecule has 0 saturated heterocycles. The van der Waals surface area contributed by atoms with E-state index in [1.54, 1.807) is 36.4 Å². The summed E-state index contributed by atoms with van der Waals surface area (Å²) < 4.78 is 0. The number of anilines is 2. The zero-order valence-corrected chi connectivity index (χ0v) is 12.1. The lowest BCUT2D eigenvalue weighted by molar-refractivity contribution is -0.112. The summed E-state index contributed by atoms with van der Waals surface area (Å²) in [5.41, 5.74) is 1.10. The fourth-order valence-corrected chi connectivity index (χ4v) is 1.72. The fourth-order valence-electron chi connectivity index (χ4n) is 1.59. The Morgan fingerprint density at radius 2 is 1.68 bits per heavy atom. The van der Waals surface area contributed by atoms with Crippen LogP contribution in [-0.4, -0.2) is 11.0 Å². The standard InChI is InChI=1S/C16H12ClN3O2/c17-12-1-3-14(4-2-12)20-16(22)11(9-18)10-19-13-5-7-15(21)8-6-13/h1-8,10,19,21H,(H,20,22)/b11-10-. The summed E-state index contributed by atoms with van der Waals surface area (Å²) in [5.74, 6) is -0.397. The number of halogens is 1. The molecule has 2 rings (SSSR count). The van der Waals surface area contributed by atoms with Gasteiger partial charge in [-0.15, -0.1) is 0 Å². The van der Waals surface area contributed by atoms with E-state index in [9.17, 15) is 9.90 Å². The monoisotopic (exact) mass is 313 g/mol. The molecule has 0 aliphatic heterocycles.